The first-order chi connectivity index (χ1) is 9.60. The zero-order chi connectivity index (χ0) is 14.3. The minimum Gasteiger partial charge on any atom is -0.508 e. The summed E-state index contributed by atoms with van der Waals surface area (Å²) in [6, 6.07) is 5.22. The molecule has 1 aliphatic rings. The van der Waals surface area contributed by atoms with Crippen LogP contribution in [0.25, 0.3) is 11.3 Å². The number of aromatic nitrogens is 2. The molecule has 0 bridgehead atoms. The molecule has 5 nitrogen and oxygen atoms in total. The molecule has 1 fully saturated rings. The van der Waals surface area contributed by atoms with Crippen LogP contribution in [0.5, 0.6) is 11.5 Å². The molecule has 3 rings (SSSR count). The lowest BCUT2D eigenvalue weighted by Crippen LogP contribution is -2.01. The van der Waals surface area contributed by atoms with Gasteiger partial charge in [-0.1, -0.05) is 0 Å². The van der Waals surface area contributed by atoms with Crippen molar-refractivity contribution in [1.82, 2.24) is 9.78 Å². The van der Waals surface area contributed by atoms with Gasteiger partial charge in [-0.05, 0) is 34.8 Å². The molecule has 0 unspecified atom stereocenters. The number of aryl methyl sites for hydroxylation is 1. The molecule has 1 aliphatic carbocycles. The van der Waals surface area contributed by atoms with Crippen LogP contribution in [0.4, 0.5) is 0 Å². The summed E-state index contributed by atoms with van der Waals surface area (Å²) >= 11 is 3.41. The zero-order valence-electron chi connectivity index (χ0n) is 10.8. The van der Waals surface area contributed by atoms with E-state index >= 15 is 0 Å². The van der Waals surface area contributed by atoms with Crippen molar-refractivity contribution in [1.29, 1.82) is 5.26 Å². The Bertz CT molecular complexity index is 694. The second-order valence-electron chi connectivity index (χ2n) is 4.76. The maximum Gasteiger partial charge on any atom is 0.141 e. The lowest BCUT2D eigenvalue weighted by atomic mass is 10.0. The normalized spacial score (nSPS) is 14.1. The Morgan fingerprint density at radius 3 is 2.80 bits per heavy atom. The minimum absolute atomic E-state index is 0.0720. The van der Waals surface area contributed by atoms with Gasteiger partial charge in [0.15, 0.2) is 0 Å². The van der Waals surface area contributed by atoms with Crippen LogP contribution in [0.2, 0.25) is 0 Å². The fraction of sp³-hybridized carbons (Fsp3) is 0.286. The van der Waals surface area contributed by atoms with Gasteiger partial charge in [-0.2, -0.15) is 10.4 Å². The summed E-state index contributed by atoms with van der Waals surface area (Å²) in [6.45, 7) is 0. The zero-order valence-corrected chi connectivity index (χ0v) is 12.4. The van der Waals surface area contributed by atoms with Gasteiger partial charge in [-0.25, -0.2) is 0 Å². The number of nitriles is 1. The number of phenols is 1. The number of ether oxygens (including phenoxy) is 1. The van der Waals surface area contributed by atoms with Crippen LogP contribution < -0.4 is 4.74 Å². The highest BCUT2D eigenvalue weighted by Crippen LogP contribution is 2.39. The lowest BCUT2D eigenvalue weighted by Gasteiger charge is -2.12. The molecule has 1 aromatic carbocycles. The Morgan fingerprint density at radius 1 is 1.50 bits per heavy atom. The topological polar surface area (TPSA) is 71.1 Å². The van der Waals surface area contributed by atoms with Crippen molar-refractivity contribution in [3.05, 3.63) is 28.4 Å². The second kappa shape index (κ2) is 4.84. The average molecular weight is 334 g/mol. The quantitative estimate of drug-likeness (QED) is 0.937. The van der Waals surface area contributed by atoms with Crippen molar-refractivity contribution < 1.29 is 9.84 Å². The standard InChI is InChI=1S/C14H12BrN3O2/c1-18-14(12(15)7-17-18)10-4-8(19)5-13(11(10)6-16)20-9-2-3-9/h4-5,7,9,19H,2-3H2,1H3. The van der Waals surface area contributed by atoms with Crippen molar-refractivity contribution >= 4 is 15.9 Å². The minimum atomic E-state index is 0.0720. The van der Waals surface area contributed by atoms with Gasteiger partial charge in [0, 0.05) is 18.7 Å². The van der Waals surface area contributed by atoms with Gasteiger partial charge in [0.2, 0.25) is 0 Å². The van der Waals surface area contributed by atoms with Crippen LogP contribution >= 0.6 is 15.9 Å². The third-order valence-electron chi connectivity index (χ3n) is 3.17. The van der Waals surface area contributed by atoms with Crippen LogP contribution in [0.15, 0.2) is 22.8 Å². The molecule has 0 aliphatic heterocycles. The van der Waals surface area contributed by atoms with E-state index in [9.17, 15) is 10.4 Å². The number of phenolic OH excluding ortho intramolecular Hbond substituents is 1. The molecule has 20 heavy (non-hydrogen) atoms. The highest BCUT2D eigenvalue weighted by molar-refractivity contribution is 9.10. The average Bonchev–Trinajstić information content (AvgIpc) is 3.14. The molecule has 1 heterocycles. The van der Waals surface area contributed by atoms with E-state index in [1.165, 1.54) is 6.07 Å². The monoisotopic (exact) mass is 333 g/mol. The summed E-state index contributed by atoms with van der Waals surface area (Å²) in [5, 5.41) is 23.5. The smallest absolute Gasteiger partial charge is 0.141 e. The Balaban J connectivity index is 2.19. The Labute approximate surface area is 124 Å². The predicted molar refractivity (Wildman–Crippen MR) is 76.4 cm³/mol. The predicted octanol–water partition coefficient (Wildman–Crippen LogP) is 2.97. The van der Waals surface area contributed by atoms with Crippen molar-refractivity contribution in [3.8, 4) is 28.8 Å². The van der Waals surface area contributed by atoms with Crippen LogP contribution in [0.1, 0.15) is 18.4 Å². The lowest BCUT2D eigenvalue weighted by molar-refractivity contribution is 0.300. The van der Waals surface area contributed by atoms with Crippen LogP contribution in [0.3, 0.4) is 0 Å². The molecule has 1 aromatic heterocycles. The highest BCUT2D eigenvalue weighted by atomic mass is 79.9. The molecule has 0 spiro atoms. The number of hydrogen-bond acceptors (Lipinski definition) is 4. The van der Waals surface area contributed by atoms with E-state index in [0.29, 0.717) is 16.9 Å². The number of hydrogen-bond donors (Lipinski definition) is 1. The molecule has 0 atom stereocenters. The van der Waals surface area contributed by atoms with Crippen LogP contribution in [0, 0.1) is 11.3 Å². The third-order valence-corrected chi connectivity index (χ3v) is 3.75. The van der Waals surface area contributed by atoms with Crippen molar-refractivity contribution in [2.24, 2.45) is 7.05 Å². The van der Waals surface area contributed by atoms with E-state index in [2.05, 4.69) is 27.1 Å². The maximum absolute atomic E-state index is 9.89. The van der Waals surface area contributed by atoms with Gasteiger partial charge in [0.25, 0.3) is 0 Å². The summed E-state index contributed by atoms with van der Waals surface area (Å²) in [6.07, 6.45) is 3.80. The van der Waals surface area contributed by atoms with Crippen molar-refractivity contribution in [2.45, 2.75) is 18.9 Å². The maximum atomic E-state index is 9.89. The number of benzene rings is 1. The molecular weight excluding hydrogens is 322 g/mol. The van der Waals surface area contributed by atoms with Crippen LogP contribution in [-0.4, -0.2) is 21.0 Å². The van der Waals surface area contributed by atoms with Gasteiger partial charge >= 0.3 is 0 Å². The first-order valence-electron chi connectivity index (χ1n) is 6.21. The Morgan fingerprint density at radius 2 is 2.25 bits per heavy atom. The number of rotatable bonds is 3. The van der Waals surface area contributed by atoms with Gasteiger partial charge in [-0.3, -0.25) is 4.68 Å². The van der Waals surface area contributed by atoms with E-state index in [4.69, 9.17) is 4.74 Å². The van der Waals surface area contributed by atoms with E-state index in [1.807, 2.05) is 0 Å². The van der Waals surface area contributed by atoms with Crippen molar-refractivity contribution in [3.63, 3.8) is 0 Å². The summed E-state index contributed by atoms with van der Waals surface area (Å²) in [7, 11) is 1.78. The van der Waals surface area contributed by atoms with Gasteiger partial charge in [0.05, 0.1) is 22.5 Å². The second-order valence-corrected chi connectivity index (χ2v) is 5.61. The first kappa shape index (κ1) is 13.0. The molecule has 6 heteroatoms. The summed E-state index contributed by atoms with van der Waals surface area (Å²) in [5.74, 6) is 0.501. The van der Waals surface area contributed by atoms with E-state index in [1.54, 1.807) is 24.0 Å². The number of nitrogens with zero attached hydrogens (tertiary/aromatic N) is 3. The highest BCUT2D eigenvalue weighted by Gasteiger charge is 2.26. The number of aromatic hydroxyl groups is 1. The van der Waals surface area contributed by atoms with Crippen LogP contribution in [-0.2, 0) is 7.05 Å². The van der Waals surface area contributed by atoms with Gasteiger partial charge < -0.3 is 9.84 Å². The summed E-state index contributed by atoms with van der Waals surface area (Å²) in [4.78, 5) is 0. The largest absolute Gasteiger partial charge is 0.508 e. The van der Waals surface area contributed by atoms with E-state index in [-0.39, 0.29) is 11.9 Å². The molecular formula is C14H12BrN3O2. The first-order valence-corrected chi connectivity index (χ1v) is 7.01. The molecule has 0 amide bonds. The Hall–Kier alpha value is -2.00. The molecule has 0 saturated heterocycles. The van der Waals surface area contributed by atoms with E-state index < -0.39 is 0 Å². The number of halogens is 1. The SMILES string of the molecule is Cn1ncc(Br)c1-c1cc(O)cc(OC2CC2)c1C#N. The molecule has 1 saturated carbocycles. The summed E-state index contributed by atoms with van der Waals surface area (Å²) in [5.41, 5.74) is 1.76. The van der Waals surface area contributed by atoms with Gasteiger partial charge in [0.1, 0.15) is 23.1 Å². The molecule has 1 N–H and O–H groups in total. The fourth-order valence-electron chi connectivity index (χ4n) is 2.08. The molecule has 102 valence electrons. The van der Waals surface area contributed by atoms with Gasteiger partial charge in [-0.15, -0.1) is 0 Å². The third kappa shape index (κ3) is 2.25. The van der Waals surface area contributed by atoms with E-state index in [0.717, 1.165) is 23.0 Å². The fourth-order valence-corrected chi connectivity index (χ4v) is 2.64. The van der Waals surface area contributed by atoms with Crippen molar-refractivity contribution in [2.75, 3.05) is 0 Å². The molecule has 0 radical (unpaired) electrons. The Kier molecular flexibility index (Phi) is 3.14. The summed E-state index contributed by atoms with van der Waals surface area (Å²) < 4.78 is 8.14. The molecule has 2 aromatic rings.